The van der Waals surface area contributed by atoms with Crippen molar-refractivity contribution < 1.29 is 18.3 Å². The Bertz CT molecular complexity index is 1140. The number of fused-ring (bicyclic) bond motifs is 1. The van der Waals surface area contributed by atoms with E-state index in [9.17, 15) is 13.6 Å². The van der Waals surface area contributed by atoms with Crippen LogP contribution in [-0.2, 0) is 4.79 Å². The van der Waals surface area contributed by atoms with Crippen LogP contribution in [0.3, 0.4) is 0 Å². The Morgan fingerprint density at radius 2 is 1.94 bits per heavy atom. The highest BCUT2D eigenvalue weighted by atomic mass is 19.3. The van der Waals surface area contributed by atoms with Crippen molar-refractivity contribution in [3.8, 4) is 17.1 Å². The molecule has 180 valence electrons. The number of hydrogen-bond donors (Lipinski definition) is 2. The average Bonchev–Trinajstić information content (AvgIpc) is 3.48. The van der Waals surface area contributed by atoms with Crippen molar-refractivity contribution in [3.05, 3.63) is 36.7 Å². The second-order valence-electron chi connectivity index (χ2n) is 8.93. The molecule has 2 saturated heterocycles. The van der Waals surface area contributed by atoms with E-state index in [1.165, 1.54) is 0 Å². The van der Waals surface area contributed by atoms with Crippen LogP contribution in [0, 0.1) is 5.92 Å². The van der Waals surface area contributed by atoms with Gasteiger partial charge < -0.3 is 19.9 Å². The summed E-state index contributed by atoms with van der Waals surface area (Å²) in [6, 6.07) is 10.0. The Hall–Kier alpha value is -3.27. The van der Waals surface area contributed by atoms with Gasteiger partial charge in [0.1, 0.15) is 6.10 Å². The number of nitrogens with zero attached hydrogens (tertiary/aromatic N) is 4. The number of H-pyrrole nitrogens is 1. The van der Waals surface area contributed by atoms with Crippen molar-refractivity contribution >= 4 is 22.6 Å². The molecule has 1 amide bonds. The number of carbonyl (C=O) groups excluding carboxylic acids is 1. The molecule has 10 heteroatoms. The highest BCUT2D eigenvalue weighted by Crippen LogP contribution is 2.30. The maximum atomic E-state index is 12.6. The minimum absolute atomic E-state index is 0.0441. The summed E-state index contributed by atoms with van der Waals surface area (Å²) in [4.78, 5) is 27.9. The second-order valence-corrected chi connectivity index (χ2v) is 8.93. The normalized spacial score (nSPS) is 20.2. The summed E-state index contributed by atoms with van der Waals surface area (Å²) in [5.74, 6) is 0.579. The third kappa shape index (κ3) is 4.82. The number of nitrogens with one attached hydrogen (secondary N) is 2. The number of halogens is 2. The highest BCUT2D eigenvalue weighted by Gasteiger charge is 2.29. The zero-order valence-electron chi connectivity index (χ0n) is 19.0. The van der Waals surface area contributed by atoms with Gasteiger partial charge in [0.15, 0.2) is 5.52 Å². The maximum absolute atomic E-state index is 12.6. The SMILES string of the molecule is CC(Oc1nc(-c2ccc(N3CCN(CC(F)F)CC3)cc2)cc2[nH]cnc12)[C@H]1CNC(=O)C1. The minimum Gasteiger partial charge on any atom is -0.473 e. The number of anilines is 1. The van der Waals surface area contributed by atoms with E-state index >= 15 is 0 Å². The van der Waals surface area contributed by atoms with Gasteiger partial charge in [-0.25, -0.2) is 18.7 Å². The summed E-state index contributed by atoms with van der Waals surface area (Å²) in [6.45, 7) is 5.09. The van der Waals surface area contributed by atoms with Gasteiger partial charge in [-0.2, -0.15) is 0 Å². The Balaban J connectivity index is 1.32. The minimum atomic E-state index is -2.29. The van der Waals surface area contributed by atoms with Crippen LogP contribution in [0.25, 0.3) is 22.3 Å². The Morgan fingerprint density at radius 3 is 2.62 bits per heavy atom. The summed E-state index contributed by atoms with van der Waals surface area (Å²) in [5, 5.41) is 2.85. The van der Waals surface area contributed by atoms with Crippen molar-refractivity contribution in [2.45, 2.75) is 25.9 Å². The molecule has 2 N–H and O–H groups in total. The number of amides is 1. The fourth-order valence-electron chi connectivity index (χ4n) is 4.60. The van der Waals surface area contributed by atoms with Crippen LogP contribution in [0.4, 0.5) is 14.5 Å². The number of aromatic amines is 1. The molecule has 2 atom stereocenters. The van der Waals surface area contributed by atoms with Gasteiger partial charge in [-0.15, -0.1) is 0 Å². The second kappa shape index (κ2) is 9.54. The Kier molecular flexibility index (Phi) is 6.32. The molecule has 1 aromatic carbocycles. The fourth-order valence-corrected chi connectivity index (χ4v) is 4.60. The molecule has 1 unspecified atom stereocenters. The zero-order chi connectivity index (χ0) is 23.7. The first-order valence-corrected chi connectivity index (χ1v) is 11.6. The van der Waals surface area contributed by atoms with Gasteiger partial charge in [0, 0.05) is 56.3 Å². The maximum Gasteiger partial charge on any atom is 0.251 e. The largest absolute Gasteiger partial charge is 0.473 e. The molecule has 0 spiro atoms. The van der Waals surface area contributed by atoms with Crippen molar-refractivity contribution in [2.24, 2.45) is 5.92 Å². The summed E-state index contributed by atoms with van der Waals surface area (Å²) < 4.78 is 31.4. The number of pyridine rings is 1. The third-order valence-corrected chi connectivity index (χ3v) is 6.64. The van der Waals surface area contributed by atoms with Gasteiger partial charge in [0.25, 0.3) is 6.43 Å². The van der Waals surface area contributed by atoms with E-state index in [1.54, 1.807) is 11.2 Å². The Morgan fingerprint density at radius 1 is 1.18 bits per heavy atom. The predicted molar refractivity (Wildman–Crippen MR) is 125 cm³/mol. The first-order chi connectivity index (χ1) is 16.5. The number of ether oxygens (including phenoxy) is 1. The molecule has 0 radical (unpaired) electrons. The highest BCUT2D eigenvalue weighted by molar-refractivity contribution is 5.84. The molecular formula is C24H28F2N6O2. The molecule has 0 bridgehead atoms. The number of rotatable bonds is 7. The molecule has 5 rings (SSSR count). The van der Waals surface area contributed by atoms with E-state index in [4.69, 9.17) is 9.72 Å². The lowest BCUT2D eigenvalue weighted by Gasteiger charge is -2.35. The summed E-state index contributed by atoms with van der Waals surface area (Å²) in [5.41, 5.74) is 4.24. The molecule has 2 aliphatic rings. The van der Waals surface area contributed by atoms with Gasteiger partial charge in [-0.3, -0.25) is 9.69 Å². The van der Waals surface area contributed by atoms with Crippen LogP contribution in [0.15, 0.2) is 36.7 Å². The quantitative estimate of drug-likeness (QED) is 0.552. The number of imidazole rings is 1. The molecule has 0 aliphatic carbocycles. The third-order valence-electron chi connectivity index (χ3n) is 6.64. The molecule has 34 heavy (non-hydrogen) atoms. The van der Waals surface area contributed by atoms with E-state index in [1.807, 2.05) is 37.3 Å². The van der Waals surface area contributed by atoms with E-state index in [2.05, 4.69) is 20.2 Å². The van der Waals surface area contributed by atoms with E-state index < -0.39 is 6.43 Å². The monoisotopic (exact) mass is 470 g/mol. The van der Waals surface area contributed by atoms with E-state index in [0.717, 1.165) is 35.6 Å². The summed E-state index contributed by atoms with van der Waals surface area (Å²) in [6.07, 6.45) is -0.416. The summed E-state index contributed by atoms with van der Waals surface area (Å²) >= 11 is 0. The van der Waals surface area contributed by atoms with Crippen LogP contribution in [0.5, 0.6) is 5.88 Å². The standard InChI is InChI=1S/C24H28F2N6O2/c1-15(17-10-22(33)27-12-17)34-24-23-20(28-14-29-23)11-19(30-24)16-2-4-18(5-3-16)32-8-6-31(7-9-32)13-21(25)26/h2-5,11,14-15,17,21H,6-10,12-13H2,1H3,(H,27,33)(H,28,29)/t15?,17-/m1/s1. The van der Waals surface area contributed by atoms with Gasteiger partial charge >= 0.3 is 0 Å². The first-order valence-electron chi connectivity index (χ1n) is 11.6. The van der Waals surface area contributed by atoms with Crippen LogP contribution in [-0.4, -0.2) is 77.6 Å². The van der Waals surface area contributed by atoms with Crippen molar-refractivity contribution in [2.75, 3.05) is 44.2 Å². The predicted octanol–water partition coefficient (Wildman–Crippen LogP) is 2.92. The lowest BCUT2D eigenvalue weighted by molar-refractivity contribution is -0.119. The molecular weight excluding hydrogens is 442 g/mol. The number of alkyl halides is 2. The number of carbonyl (C=O) groups is 1. The lowest BCUT2D eigenvalue weighted by atomic mass is 10.0. The first kappa shape index (κ1) is 22.5. The average molecular weight is 471 g/mol. The van der Waals surface area contributed by atoms with Crippen LogP contribution in [0.1, 0.15) is 13.3 Å². The molecule has 2 fully saturated rings. The summed E-state index contributed by atoms with van der Waals surface area (Å²) in [7, 11) is 0. The molecule has 3 aromatic rings. The van der Waals surface area contributed by atoms with E-state index in [-0.39, 0.29) is 24.5 Å². The number of benzene rings is 1. The van der Waals surface area contributed by atoms with Crippen LogP contribution < -0.4 is 15.0 Å². The number of aromatic nitrogens is 3. The topological polar surface area (TPSA) is 86.4 Å². The zero-order valence-corrected chi connectivity index (χ0v) is 19.0. The molecule has 8 nitrogen and oxygen atoms in total. The van der Waals surface area contributed by atoms with Gasteiger partial charge in [-0.05, 0) is 25.1 Å². The molecule has 4 heterocycles. The van der Waals surface area contributed by atoms with Gasteiger partial charge in [0.2, 0.25) is 11.8 Å². The van der Waals surface area contributed by atoms with Crippen molar-refractivity contribution in [1.29, 1.82) is 0 Å². The lowest BCUT2D eigenvalue weighted by Crippen LogP contribution is -2.47. The smallest absolute Gasteiger partial charge is 0.251 e. The van der Waals surface area contributed by atoms with Crippen molar-refractivity contribution in [3.63, 3.8) is 0 Å². The molecule has 2 aliphatic heterocycles. The van der Waals surface area contributed by atoms with Crippen LogP contribution >= 0.6 is 0 Å². The van der Waals surface area contributed by atoms with Crippen LogP contribution in [0.2, 0.25) is 0 Å². The van der Waals surface area contributed by atoms with Crippen molar-refractivity contribution in [1.82, 2.24) is 25.2 Å². The van der Waals surface area contributed by atoms with Gasteiger partial charge in [0.05, 0.1) is 24.1 Å². The number of hydrogen-bond acceptors (Lipinski definition) is 6. The molecule has 0 saturated carbocycles. The Labute approximate surface area is 196 Å². The molecule has 2 aromatic heterocycles. The van der Waals surface area contributed by atoms with E-state index in [0.29, 0.717) is 37.5 Å². The fraction of sp³-hybridized carbons (Fsp3) is 0.458. The van der Waals surface area contributed by atoms with Gasteiger partial charge in [-0.1, -0.05) is 12.1 Å². The number of piperazine rings is 1.